The normalized spacial score (nSPS) is 14.2. The van der Waals surface area contributed by atoms with Crippen molar-refractivity contribution >= 4 is 50.2 Å². The summed E-state index contributed by atoms with van der Waals surface area (Å²) in [5, 5.41) is 6.26. The van der Waals surface area contributed by atoms with Crippen LogP contribution in [0.15, 0.2) is 139 Å². The average Bonchev–Trinajstić information content (AvgIpc) is 3.10. The topological polar surface area (TPSA) is 37.4 Å². The average molecular weight is 578 g/mol. The molecule has 0 N–H and O–H groups in total. The zero-order chi connectivity index (χ0) is 30.1. The van der Waals surface area contributed by atoms with Gasteiger partial charge in [0.25, 0.3) is 11.8 Å². The molecule has 3 heteroatoms. The highest BCUT2D eigenvalue weighted by atomic mass is 16.2. The van der Waals surface area contributed by atoms with E-state index in [2.05, 4.69) is 91.0 Å². The van der Waals surface area contributed by atoms with Crippen LogP contribution < -0.4 is 0 Å². The largest absolute Gasteiger partial charge is 0.268 e. The number of benzene rings is 7. The zero-order valence-electron chi connectivity index (χ0n) is 24.5. The smallest absolute Gasteiger partial charge is 0.265 e. The van der Waals surface area contributed by atoms with Crippen molar-refractivity contribution in [1.29, 1.82) is 0 Å². The molecule has 0 saturated carbocycles. The van der Waals surface area contributed by atoms with Gasteiger partial charge in [0, 0.05) is 22.2 Å². The van der Waals surface area contributed by atoms with Gasteiger partial charge in [-0.3, -0.25) is 9.59 Å². The maximum atomic E-state index is 14.2. The predicted octanol–water partition coefficient (Wildman–Crippen LogP) is 10.1. The van der Waals surface area contributed by atoms with E-state index in [9.17, 15) is 9.59 Å². The molecule has 1 aliphatic heterocycles. The fraction of sp³-hybridized carbons (Fsp3) is 0.0476. The number of fused-ring (bicyclic) bond motifs is 3. The standard InChI is InChI=1S/C42H27NO2/c44-41-36-20-10-19-34-35(23-24-37(40(34)36)42(45)43(41)29-22-21-26-11-4-5-14-28(26)25-29)39-32-17-8-6-15-30(32)38(27-12-2-1-3-13-27)31-16-7-9-18-33(31)39/h1-20,23-25H,21-22H2. The molecule has 2 amide bonds. The molecule has 7 aromatic rings. The van der Waals surface area contributed by atoms with Crippen molar-refractivity contribution in [2.45, 2.75) is 12.8 Å². The molecule has 0 spiro atoms. The number of imide groups is 1. The second-order valence-electron chi connectivity index (χ2n) is 11.9. The summed E-state index contributed by atoms with van der Waals surface area (Å²) < 4.78 is 0. The van der Waals surface area contributed by atoms with Gasteiger partial charge in [0.05, 0.1) is 0 Å². The molecule has 0 unspecified atom stereocenters. The molecule has 2 aliphatic rings. The van der Waals surface area contributed by atoms with Gasteiger partial charge in [-0.1, -0.05) is 121 Å². The number of aryl methyl sites for hydroxylation is 1. The number of nitrogens with zero attached hydrogens (tertiary/aromatic N) is 1. The number of amides is 2. The third-order valence-electron chi connectivity index (χ3n) is 9.49. The Kier molecular flexibility index (Phi) is 5.63. The lowest BCUT2D eigenvalue weighted by Gasteiger charge is -2.31. The quantitative estimate of drug-likeness (QED) is 0.155. The van der Waals surface area contributed by atoms with Gasteiger partial charge in [0.1, 0.15) is 0 Å². The van der Waals surface area contributed by atoms with E-state index in [1.165, 1.54) is 32.4 Å². The lowest BCUT2D eigenvalue weighted by molar-refractivity contribution is 0.0658. The number of hydrogen-bond donors (Lipinski definition) is 0. The van der Waals surface area contributed by atoms with Crippen molar-refractivity contribution in [2.75, 3.05) is 0 Å². The van der Waals surface area contributed by atoms with Gasteiger partial charge in [-0.15, -0.1) is 0 Å². The fourth-order valence-corrected chi connectivity index (χ4v) is 7.50. The van der Waals surface area contributed by atoms with E-state index in [0.29, 0.717) is 17.5 Å². The summed E-state index contributed by atoms with van der Waals surface area (Å²) in [6.45, 7) is 0. The Balaban J connectivity index is 1.29. The summed E-state index contributed by atoms with van der Waals surface area (Å²) in [6, 6.07) is 45.7. The molecule has 0 aromatic heterocycles. The minimum Gasteiger partial charge on any atom is -0.268 e. The van der Waals surface area contributed by atoms with Crippen molar-refractivity contribution < 1.29 is 9.59 Å². The minimum atomic E-state index is -0.255. The molecule has 3 nitrogen and oxygen atoms in total. The lowest BCUT2D eigenvalue weighted by Crippen LogP contribution is -2.40. The molecule has 45 heavy (non-hydrogen) atoms. The molecule has 9 rings (SSSR count). The second-order valence-corrected chi connectivity index (χ2v) is 11.9. The van der Waals surface area contributed by atoms with Gasteiger partial charge in [-0.2, -0.15) is 0 Å². The molecule has 0 bridgehead atoms. The maximum absolute atomic E-state index is 14.2. The van der Waals surface area contributed by atoms with Gasteiger partial charge in [-0.25, -0.2) is 4.90 Å². The first-order chi connectivity index (χ1) is 22.2. The van der Waals surface area contributed by atoms with Crippen LogP contribution in [-0.2, 0) is 6.42 Å². The van der Waals surface area contributed by atoms with Crippen LogP contribution in [0, 0.1) is 0 Å². The molecule has 1 heterocycles. The van der Waals surface area contributed by atoms with Crippen LogP contribution >= 0.6 is 0 Å². The third kappa shape index (κ3) is 3.77. The third-order valence-corrected chi connectivity index (χ3v) is 9.49. The van der Waals surface area contributed by atoms with E-state index < -0.39 is 0 Å². The molecule has 0 atom stereocenters. The van der Waals surface area contributed by atoms with E-state index >= 15 is 0 Å². The Morgan fingerprint density at radius 3 is 1.71 bits per heavy atom. The molecule has 0 radical (unpaired) electrons. The van der Waals surface area contributed by atoms with Gasteiger partial charge < -0.3 is 0 Å². The lowest BCUT2D eigenvalue weighted by atomic mass is 9.83. The van der Waals surface area contributed by atoms with Crippen LogP contribution in [0.5, 0.6) is 0 Å². The number of rotatable bonds is 3. The van der Waals surface area contributed by atoms with Gasteiger partial charge in [0.15, 0.2) is 0 Å². The molecule has 0 saturated heterocycles. The van der Waals surface area contributed by atoms with Crippen molar-refractivity contribution in [3.8, 4) is 22.3 Å². The highest BCUT2D eigenvalue weighted by Gasteiger charge is 2.36. The zero-order valence-corrected chi connectivity index (χ0v) is 24.5. The van der Waals surface area contributed by atoms with Crippen LogP contribution in [-0.4, -0.2) is 16.7 Å². The van der Waals surface area contributed by atoms with Gasteiger partial charge >= 0.3 is 0 Å². The number of allylic oxidation sites excluding steroid dienone is 1. The Morgan fingerprint density at radius 2 is 1.00 bits per heavy atom. The molecule has 0 fully saturated rings. The van der Waals surface area contributed by atoms with E-state index in [1.54, 1.807) is 0 Å². The Labute approximate surface area is 260 Å². The van der Waals surface area contributed by atoms with Crippen molar-refractivity contribution in [3.63, 3.8) is 0 Å². The molecule has 212 valence electrons. The summed E-state index contributed by atoms with van der Waals surface area (Å²) in [4.78, 5) is 29.7. The van der Waals surface area contributed by atoms with Crippen LogP contribution in [0.3, 0.4) is 0 Å². The second kappa shape index (κ2) is 9.87. The highest BCUT2D eigenvalue weighted by molar-refractivity contribution is 6.30. The van der Waals surface area contributed by atoms with Crippen LogP contribution in [0.4, 0.5) is 0 Å². The first-order valence-corrected chi connectivity index (χ1v) is 15.4. The first kappa shape index (κ1) is 25.7. The minimum absolute atomic E-state index is 0.255. The summed E-state index contributed by atoms with van der Waals surface area (Å²) >= 11 is 0. The summed E-state index contributed by atoms with van der Waals surface area (Å²) in [5.74, 6) is -0.509. The number of carbonyl (C=O) groups is 2. The summed E-state index contributed by atoms with van der Waals surface area (Å²) in [5.41, 5.74) is 8.70. The van der Waals surface area contributed by atoms with E-state index in [4.69, 9.17) is 0 Å². The fourth-order valence-electron chi connectivity index (χ4n) is 7.50. The number of hydrogen-bond acceptors (Lipinski definition) is 2. The predicted molar refractivity (Wildman–Crippen MR) is 183 cm³/mol. The summed E-state index contributed by atoms with van der Waals surface area (Å²) in [6.07, 6.45) is 3.44. The highest BCUT2D eigenvalue weighted by Crippen LogP contribution is 2.46. The van der Waals surface area contributed by atoms with Crippen LogP contribution in [0.2, 0.25) is 0 Å². The maximum Gasteiger partial charge on any atom is 0.265 e. The first-order valence-electron chi connectivity index (χ1n) is 15.4. The van der Waals surface area contributed by atoms with E-state index in [1.807, 2.05) is 48.5 Å². The van der Waals surface area contributed by atoms with Gasteiger partial charge in [0.2, 0.25) is 0 Å². The van der Waals surface area contributed by atoms with Crippen molar-refractivity contribution in [3.05, 3.63) is 161 Å². The van der Waals surface area contributed by atoms with E-state index in [0.717, 1.165) is 50.4 Å². The Morgan fingerprint density at radius 1 is 0.444 bits per heavy atom. The van der Waals surface area contributed by atoms with Crippen LogP contribution in [0.1, 0.15) is 38.3 Å². The van der Waals surface area contributed by atoms with Crippen molar-refractivity contribution in [2.24, 2.45) is 0 Å². The Hall–Kier alpha value is -5.80. The van der Waals surface area contributed by atoms with Crippen molar-refractivity contribution in [1.82, 2.24) is 4.90 Å². The SMILES string of the molecule is O=C1c2cccc3c(-c4c5ccccc5c(-c5ccccc5)c5ccccc45)ccc(c23)C(=O)N1C1=Cc2ccccc2CC1. The van der Waals surface area contributed by atoms with Gasteiger partial charge in [-0.05, 0) is 91.4 Å². The molecular weight excluding hydrogens is 550 g/mol. The monoisotopic (exact) mass is 577 g/mol. The Bertz CT molecular complexity index is 2340. The molecule has 1 aliphatic carbocycles. The number of carbonyl (C=O) groups excluding carboxylic acids is 2. The van der Waals surface area contributed by atoms with E-state index in [-0.39, 0.29) is 11.8 Å². The summed E-state index contributed by atoms with van der Waals surface area (Å²) in [7, 11) is 0. The molecular formula is C42H27NO2. The molecule has 7 aromatic carbocycles. The van der Waals surface area contributed by atoms with Crippen LogP contribution in [0.25, 0.3) is 60.6 Å².